The van der Waals surface area contributed by atoms with Gasteiger partial charge in [-0.3, -0.25) is 14.0 Å². The molecule has 148 valence electrons. The fraction of sp³-hybridized carbons (Fsp3) is 0.0588. The molecule has 0 radical (unpaired) electrons. The highest BCUT2D eigenvalue weighted by molar-refractivity contribution is 7.88. The van der Waals surface area contributed by atoms with E-state index in [4.69, 9.17) is 0 Å². The van der Waals surface area contributed by atoms with Crippen molar-refractivity contribution in [1.29, 1.82) is 0 Å². The van der Waals surface area contributed by atoms with E-state index in [2.05, 4.69) is 44.9 Å². The SMILES string of the molecule is COS(=O)(=O)Nc1ccc(Nc2cnnc(Nc3n[nH]c4ccccc34)n2)cc1. The molecule has 0 bridgehead atoms. The lowest BCUT2D eigenvalue weighted by atomic mass is 10.2. The summed E-state index contributed by atoms with van der Waals surface area (Å²) in [6.07, 6.45) is 1.47. The van der Waals surface area contributed by atoms with E-state index in [0.717, 1.165) is 18.0 Å². The van der Waals surface area contributed by atoms with Crippen LogP contribution < -0.4 is 15.4 Å². The zero-order valence-corrected chi connectivity index (χ0v) is 15.9. The number of anilines is 5. The number of para-hydroxylation sites is 1. The minimum atomic E-state index is -3.81. The number of aromatic nitrogens is 5. The molecule has 0 aliphatic carbocycles. The smallest absolute Gasteiger partial charge is 0.339 e. The Morgan fingerprint density at radius 1 is 1.00 bits per heavy atom. The Morgan fingerprint density at radius 3 is 2.55 bits per heavy atom. The lowest BCUT2D eigenvalue weighted by Gasteiger charge is -2.09. The first-order valence-corrected chi connectivity index (χ1v) is 9.78. The molecule has 0 fully saturated rings. The maximum absolute atomic E-state index is 11.4. The summed E-state index contributed by atoms with van der Waals surface area (Å²) in [5.41, 5.74) is 1.94. The lowest BCUT2D eigenvalue weighted by Crippen LogP contribution is -2.13. The fourth-order valence-electron chi connectivity index (χ4n) is 2.54. The second-order valence-corrected chi connectivity index (χ2v) is 7.28. The highest BCUT2D eigenvalue weighted by atomic mass is 32.2. The van der Waals surface area contributed by atoms with Crippen molar-refractivity contribution in [2.45, 2.75) is 0 Å². The van der Waals surface area contributed by atoms with Crippen LogP contribution in [-0.4, -0.2) is 40.9 Å². The molecule has 4 aromatic rings. The van der Waals surface area contributed by atoms with E-state index < -0.39 is 10.3 Å². The van der Waals surface area contributed by atoms with Crippen molar-refractivity contribution < 1.29 is 12.6 Å². The Hall–Kier alpha value is -3.77. The van der Waals surface area contributed by atoms with Crippen LogP contribution in [0.1, 0.15) is 0 Å². The van der Waals surface area contributed by atoms with Gasteiger partial charge in [0.15, 0.2) is 11.6 Å². The number of H-pyrrole nitrogens is 1. The first kappa shape index (κ1) is 18.6. The van der Waals surface area contributed by atoms with Crippen LogP contribution in [0, 0.1) is 0 Å². The molecule has 0 aliphatic rings. The summed E-state index contributed by atoms with van der Waals surface area (Å²) >= 11 is 0. The average molecular weight is 412 g/mol. The molecule has 29 heavy (non-hydrogen) atoms. The number of rotatable bonds is 7. The van der Waals surface area contributed by atoms with Gasteiger partial charge in [-0.1, -0.05) is 12.1 Å². The molecule has 2 aromatic carbocycles. The molecule has 2 aromatic heterocycles. The third kappa shape index (κ3) is 4.39. The molecule has 0 saturated carbocycles. The van der Waals surface area contributed by atoms with Crippen LogP contribution in [0.15, 0.2) is 54.7 Å². The van der Waals surface area contributed by atoms with E-state index in [0.29, 0.717) is 23.0 Å². The highest BCUT2D eigenvalue weighted by Crippen LogP contribution is 2.23. The summed E-state index contributed by atoms with van der Waals surface area (Å²) in [6.45, 7) is 0. The van der Waals surface area contributed by atoms with E-state index in [9.17, 15) is 8.42 Å². The van der Waals surface area contributed by atoms with E-state index in [-0.39, 0.29) is 5.95 Å². The highest BCUT2D eigenvalue weighted by Gasteiger charge is 2.09. The number of fused-ring (bicyclic) bond motifs is 1. The second kappa shape index (κ2) is 7.69. The molecular weight excluding hydrogens is 396 g/mol. The Morgan fingerprint density at radius 2 is 1.76 bits per heavy atom. The van der Waals surface area contributed by atoms with Crippen LogP contribution in [0.2, 0.25) is 0 Å². The van der Waals surface area contributed by atoms with Gasteiger partial charge in [0.1, 0.15) is 0 Å². The van der Waals surface area contributed by atoms with Crippen molar-refractivity contribution in [3.63, 3.8) is 0 Å². The number of nitrogens with zero attached hydrogens (tertiary/aromatic N) is 4. The number of nitrogens with one attached hydrogen (secondary N) is 4. The maximum atomic E-state index is 11.4. The van der Waals surface area contributed by atoms with E-state index in [1.165, 1.54) is 6.20 Å². The number of hydrogen-bond donors (Lipinski definition) is 4. The second-order valence-electron chi connectivity index (χ2n) is 5.83. The monoisotopic (exact) mass is 412 g/mol. The minimum absolute atomic E-state index is 0.275. The van der Waals surface area contributed by atoms with E-state index >= 15 is 0 Å². The predicted octanol–water partition coefficient (Wildman–Crippen LogP) is 2.54. The van der Waals surface area contributed by atoms with Crippen LogP contribution in [0.4, 0.5) is 29.0 Å². The number of benzene rings is 2. The summed E-state index contributed by atoms with van der Waals surface area (Å²) < 4.78 is 29.4. The molecular formula is C17H16N8O3S. The van der Waals surface area contributed by atoms with Gasteiger partial charge in [-0.2, -0.15) is 23.6 Å². The molecule has 11 nitrogen and oxygen atoms in total. The van der Waals surface area contributed by atoms with Crippen molar-refractivity contribution in [3.8, 4) is 0 Å². The largest absolute Gasteiger partial charge is 0.359 e. The normalized spacial score (nSPS) is 11.3. The van der Waals surface area contributed by atoms with Crippen molar-refractivity contribution >= 4 is 50.2 Å². The molecule has 2 heterocycles. The van der Waals surface area contributed by atoms with Gasteiger partial charge in [0.2, 0.25) is 5.95 Å². The van der Waals surface area contributed by atoms with Crippen molar-refractivity contribution in [1.82, 2.24) is 25.4 Å². The van der Waals surface area contributed by atoms with Gasteiger partial charge in [-0.25, -0.2) is 0 Å². The molecule has 12 heteroatoms. The third-order valence-electron chi connectivity index (χ3n) is 3.88. The Bertz CT molecular complexity index is 1240. The Kier molecular flexibility index (Phi) is 4.93. The molecule has 4 N–H and O–H groups in total. The topological polar surface area (TPSA) is 147 Å². The first-order valence-electron chi connectivity index (χ1n) is 8.38. The molecule has 4 rings (SSSR count). The van der Waals surface area contributed by atoms with Crippen LogP contribution in [0.3, 0.4) is 0 Å². The fourth-order valence-corrected chi connectivity index (χ4v) is 3.04. The van der Waals surface area contributed by atoms with Gasteiger partial charge in [0, 0.05) is 11.1 Å². The average Bonchev–Trinajstić information content (AvgIpc) is 3.13. The van der Waals surface area contributed by atoms with Crippen molar-refractivity contribution in [2.75, 3.05) is 22.5 Å². The van der Waals surface area contributed by atoms with Crippen molar-refractivity contribution in [3.05, 3.63) is 54.7 Å². The predicted molar refractivity (Wildman–Crippen MR) is 108 cm³/mol. The van der Waals surface area contributed by atoms with Gasteiger partial charge in [0.25, 0.3) is 0 Å². The molecule has 0 atom stereocenters. The third-order valence-corrected chi connectivity index (χ3v) is 4.80. The van der Waals surface area contributed by atoms with Gasteiger partial charge in [-0.15, -0.1) is 5.10 Å². The molecule has 0 spiro atoms. The maximum Gasteiger partial charge on any atom is 0.359 e. The van der Waals surface area contributed by atoms with Crippen LogP contribution in [-0.2, 0) is 14.5 Å². The zero-order valence-electron chi connectivity index (χ0n) is 15.1. The van der Waals surface area contributed by atoms with Crippen LogP contribution in [0.5, 0.6) is 0 Å². The van der Waals surface area contributed by atoms with E-state index in [1.807, 2.05) is 24.3 Å². The van der Waals surface area contributed by atoms with E-state index in [1.54, 1.807) is 24.3 Å². The Labute approximate surface area is 165 Å². The van der Waals surface area contributed by atoms with Gasteiger partial charge in [0.05, 0.1) is 24.5 Å². The zero-order chi connectivity index (χ0) is 20.3. The number of aromatic amines is 1. The summed E-state index contributed by atoms with van der Waals surface area (Å²) in [5.74, 6) is 1.32. The standard InChI is InChI=1S/C17H16N8O3S/c1-28-29(26,27)25-12-8-6-11(7-9-12)19-15-10-18-24-17(20-15)21-16-13-4-2-3-5-14(13)22-23-16/h2-10,25H,1H3,(H3,19,20,21,22,23,24). The minimum Gasteiger partial charge on any atom is -0.339 e. The molecule has 0 aliphatic heterocycles. The summed E-state index contributed by atoms with van der Waals surface area (Å²) in [4.78, 5) is 4.36. The summed E-state index contributed by atoms with van der Waals surface area (Å²) in [5, 5.41) is 22.1. The van der Waals surface area contributed by atoms with Gasteiger partial charge in [-0.05, 0) is 36.4 Å². The molecule has 0 amide bonds. The lowest BCUT2D eigenvalue weighted by molar-refractivity contribution is 0.402. The molecule has 0 unspecified atom stereocenters. The van der Waals surface area contributed by atoms with Crippen LogP contribution in [0.25, 0.3) is 10.9 Å². The summed E-state index contributed by atoms with van der Waals surface area (Å²) in [7, 11) is -2.73. The van der Waals surface area contributed by atoms with Gasteiger partial charge < -0.3 is 10.6 Å². The Balaban J connectivity index is 1.48. The van der Waals surface area contributed by atoms with Gasteiger partial charge >= 0.3 is 10.3 Å². The quantitative estimate of drug-likeness (QED) is 0.359. The van der Waals surface area contributed by atoms with Crippen molar-refractivity contribution in [2.24, 2.45) is 0 Å². The molecule has 0 saturated heterocycles. The number of hydrogen-bond acceptors (Lipinski definition) is 9. The van der Waals surface area contributed by atoms with Crippen LogP contribution >= 0.6 is 0 Å². The first-order chi connectivity index (χ1) is 14.0. The summed E-state index contributed by atoms with van der Waals surface area (Å²) in [6, 6.07) is 14.2.